The van der Waals surface area contributed by atoms with Crippen molar-refractivity contribution in [1.29, 1.82) is 0 Å². The van der Waals surface area contributed by atoms with Crippen molar-refractivity contribution in [3.63, 3.8) is 0 Å². The molecule has 0 aromatic carbocycles. The van der Waals surface area contributed by atoms with Crippen molar-refractivity contribution < 1.29 is 0 Å². The highest BCUT2D eigenvalue weighted by molar-refractivity contribution is 7.99. The van der Waals surface area contributed by atoms with Gasteiger partial charge in [-0.2, -0.15) is 11.8 Å². The molecule has 0 aliphatic heterocycles. The molecule has 0 heterocycles. The molecule has 0 saturated heterocycles. The van der Waals surface area contributed by atoms with Crippen LogP contribution in [0.1, 0.15) is 46.5 Å². The van der Waals surface area contributed by atoms with E-state index in [1.807, 2.05) is 0 Å². The van der Waals surface area contributed by atoms with Gasteiger partial charge in [-0.15, -0.1) is 0 Å². The lowest BCUT2D eigenvalue weighted by atomic mass is 10.2. The van der Waals surface area contributed by atoms with Gasteiger partial charge in [0.25, 0.3) is 0 Å². The van der Waals surface area contributed by atoms with Crippen molar-refractivity contribution in [3.05, 3.63) is 0 Å². The standard InChI is InChI=1S/C11H25NS/c1-4-13-10-8-6-5-7-9-12-11(2)3/h11-12H,4-10H2,1-3H3. The molecule has 80 valence electrons. The van der Waals surface area contributed by atoms with E-state index in [0.717, 1.165) is 0 Å². The van der Waals surface area contributed by atoms with E-state index < -0.39 is 0 Å². The highest BCUT2D eigenvalue weighted by Crippen LogP contribution is 2.06. The molecule has 13 heavy (non-hydrogen) atoms. The molecule has 0 aromatic rings. The van der Waals surface area contributed by atoms with Gasteiger partial charge in [-0.3, -0.25) is 0 Å². The maximum Gasteiger partial charge on any atom is 0.00103 e. The Hall–Kier alpha value is 0.310. The fourth-order valence-electron chi connectivity index (χ4n) is 1.22. The molecule has 0 bridgehead atoms. The van der Waals surface area contributed by atoms with Gasteiger partial charge in [-0.25, -0.2) is 0 Å². The molecule has 1 N–H and O–H groups in total. The van der Waals surface area contributed by atoms with Crippen molar-refractivity contribution in [2.45, 2.75) is 52.5 Å². The topological polar surface area (TPSA) is 12.0 Å². The third-order valence-electron chi connectivity index (χ3n) is 1.97. The van der Waals surface area contributed by atoms with Crippen LogP contribution in [0, 0.1) is 0 Å². The number of hydrogen-bond donors (Lipinski definition) is 1. The van der Waals surface area contributed by atoms with Crippen LogP contribution in [-0.2, 0) is 0 Å². The molecule has 0 radical (unpaired) electrons. The summed E-state index contributed by atoms with van der Waals surface area (Å²) in [6.07, 6.45) is 5.55. The number of unbranched alkanes of at least 4 members (excludes halogenated alkanes) is 3. The zero-order chi connectivity index (χ0) is 9.94. The van der Waals surface area contributed by atoms with E-state index in [1.165, 1.54) is 43.7 Å². The maximum absolute atomic E-state index is 3.44. The van der Waals surface area contributed by atoms with Gasteiger partial charge in [-0.1, -0.05) is 33.6 Å². The molecule has 0 atom stereocenters. The van der Waals surface area contributed by atoms with Crippen LogP contribution in [-0.4, -0.2) is 24.1 Å². The van der Waals surface area contributed by atoms with E-state index in [4.69, 9.17) is 0 Å². The molecule has 1 nitrogen and oxygen atoms in total. The van der Waals surface area contributed by atoms with E-state index in [0.29, 0.717) is 6.04 Å². The highest BCUT2D eigenvalue weighted by Gasteiger charge is 1.92. The maximum atomic E-state index is 3.44. The summed E-state index contributed by atoms with van der Waals surface area (Å²) in [6.45, 7) is 7.84. The SMILES string of the molecule is CCSCCCCCCNC(C)C. The quantitative estimate of drug-likeness (QED) is 0.577. The lowest BCUT2D eigenvalue weighted by Crippen LogP contribution is -2.23. The Labute approximate surface area is 88.1 Å². The van der Waals surface area contributed by atoms with Crippen LogP contribution in [0.5, 0.6) is 0 Å². The van der Waals surface area contributed by atoms with Gasteiger partial charge in [0.1, 0.15) is 0 Å². The van der Waals surface area contributed by atoms with Gasteiger partial charge < -0.3 is 5.32 Å². The third kappa shape index (κ3) is 12.3. The van der Waals surface area contributed by atoms with Gasteiger partial charge in [-0.05, 0) is 30.9 Å². The molecular formula is C11H25NS. The normalized spacial score (nSPS) is 11.1. The molecule has 0 aliphatic rings. The summed E-state index contributed by atoms with van der Waals surface area (Å²) in [5, 5.41) is 3.44. The first-order valence-corrected chi connectivity index (χ1v) is 6.74. The van der Waals surface area contributed by atoms with E-state index in [-0.39, 0.29) is 0 Å². The molecule has 0 unspecified atom stereocenters. The molecule has 0 amide bonds. The zero-order valence-corrected chi connectivity index (χ0v) is 10.3. The minimum atomic E-state index is 0.649. The minimum absolute atomic E-state index is 0.649. The van der Waals surface area contributed by atoms with Crippen molar-refractivity contribution in [1.82, 2.24) is 5.32 Å². The molecule has 0 aliphatic carbocycles. The summed E-state index contributed by atoms with van der Waals surface area (Å²) < 4.78 is 0. The van der Waals surface area contributed by atoms with Crippen LogP contribution in [0.4, 0.5) is 0 Å². The second kappa shape index (κ2) is 10.4. The highest BCUT2D eigenvalue weighted by atomic mass is 32.2. The monoisotopic (exact) mass is 203 g/mol. The molecule has 0 saturated carbocycles. The summed E-state index contributed by atoms with van der Waals surface area (Å²) in [5.74, 6) is 2.63. The second-order valence-electron chi connectivity index (χ2n) is 3.72. The fraction of sp³-hybridized carbons (Fsp3) is 1.00. The molecular weight excluding hydrogens is 178 g/mol. The predicted molar refractivity (Wildman–Crippen MR) is 64.6 cm³/mol. The van der Waals surface area contributed by atoms with Crippen LogP contribution < -0.4 is 5.32 Å². The molecule has 0 spiro atoms. The lowest BCUT2D eigenvalue weighted by Gasteiger charge is -2.07. The molecule has 0 fully saturated rings. The van der Waals surface area contributed by atoms with E-state index in [9.17, 15) is 0 Å². The number of thioether (sulfide) groups is 1. The third-order valence-corrected chi connectivity index (χ3v) is 2.96. The molecule has 0 aromatic heterocycles. The summed E-state index contributed by atoms with van der Waals surface area (Å²) >= 11 is 2.06. The summed E-state index contributed by atoms with van der Waals surface area (Å²) in [4.78, 5) is 0. The summed E-state index contributed by atoms with van der Waals surface area (Å²) in [7, 11) is 0. The zero-order valence-electron chi connectivity index (χ0n) is 9.44. The average Bonchev–Trinajstić information content (AvgIpc) is 2.09. The largest absolute Gasteiger partial charge is 0.315 e. The fourth-order valence-corrected chi connectivity index (χ4v) is 1.91. The van der Waals surface area contributed by atoms with Crippen molar-refractivity contribution in [3.8, 4) is 0 Å². The minimum Gasteiger partial charge on any atom is -0.315 e. The van der Waals surface area contributed by atoms with Crippen LogP contribution >= 0.6 is 11.8 Å². The van der Waals surface area contributed by atoms with Crippen LogP contribution in [0.2, 0.25) is 0 Å². The Bertz CT molecular complexity index is 94.1. The Morgan fingerprint density at radius 2 is 1.77 bits per heavy atom. The Kier molecular flexibility index (Phi) is 10.6. The smallest absolute Gasteiger partial charge is 0.00103 e. The van der Waals surface area contributed by atoms with Crippen LogP contribution in [0.25, 0.3) is 0 Å². The molecule has 2 heteroatoms. The predicted octanol–water partition coefficient (Wildman–Crippen LogP) is 3.30. The van der Waals surface area contributed by atoms with Crippen LogP contribution in [0.3, 0.4) is 0 Å². The first-order valence-electron chi connectivity index (χ1n) is 5.58. The summed E-state index contributed by atoms with van der Waals surface area (Å²) in [6, 6.07) is 0.649. The van der Waals surface area contributed by atoms with Crippen molar-refractivity contribution in [2.75, 3.05) is 18.1 Å². The number of hydrogen-bond acceptors (Lipinski definition) is 2. The van der Waals surface area contributed by atoms with Gasteiger partial charge in [0, 0.05) is 6.04 Å². The Balaban J connectivity index is 2.84. The molecule has 0 rings (SSSR count). The summed E-state index contributed by atoms with van der Waals surface area (Å²) in [5.41, 5.74) is 0. The first kappa shape index (κ1) is 13.3. The van der Waals surface area contributed by atoms with E-state index >= 15 is 0 Å². The number of rotatable bonds is 9. The first-order chi connectivity index (χ1) is 6.27. The Morgan fingerprint density at radius 3 is 2.38 bits per heavy atom. The second-order valence-corrected chi connectivity index (χ2v) is 5.11. The lowest BCUT2D eigenvalue weighted by molar-refractivity contribution is 0.547. The number of nitrogens with one attached hydrogen (secondary N) is 1. The van der Waals surface area contributed by atoms with E-state index in [1.54, 1.807) is 0 Å². The van der Waals surface area contributed by atoms with Crippen molar-refractivity contribution in [2.24, 2.45) is 0 Å². The van der Waals surface area contributed by atoms with Gasteiger partial charge in [0.2, 0.25) is 0 Å². The van der Waals surface area contributed by atoms with Crippen molar-refractivity contribution >= 4 is 11.8 Å². The van der Waals surface area contributed by atoms with Crippen LogP contribution in [0.15, 0.2) is 0 Å². The van der Waals surface area contributed by atoms with Gasteiger partial charge in [0.05, 0.1) is 0 Å². The van der Waals surface area contributed by atoms with E-state index in [2.05, 4.69) is 37.8 Å². The Morgan fingerprint density at radius 1 is 1.08 bits per heavy atom. The van der Waals surface area contributed by atoms with Gasteiger partial charge >= 0.3 is 0 Å². The average molecular weight is 203 g/mol. The van der Waals surface area contributed by atoms with Gasteiger partial charge in [0.15, 0.2) is 0 Å².